The third-order valence-electron chi connectivity index (χ3n) is 3.17. The molecule has 1 amide bonds. The number of aryl methyl sites for hydroxylation is 1. The fourth-order valence-corrected chi connectivity index (χ4v) is 2.29. The Bertz CT molecular complexity index is 867. The molecular formula is C15H12ClN5O. The number of amides is 1. The van der Waals surface area contributed by atoms with Crippen LogP contribution in [0.3, 0.4) is 0 Å². The summed E-state index contributed by atoms with van der Waals surface area (Å²) < 4.78 is 0. The van der Waals surface area contributed by atoms with E-state index in [0.29, 0.717) is 27.3 Å². The van der Waals surface area contributed by atoms with Gasteiger partial charge in [0.05, 0.1) is 28.0 Å². The molecule has 0 radical (unpaired) electrons. The number of fused-ring (bicyclic) bond motifs is 1. The lowest BCUT2D eigenvalue weighted by atomic mass is 10.2. The van der Waals surface area contributed by atoms with Crippen LogP contribution in [0, 0.1) is 6.92 Å². The molecule has 0 spiro atoms. The molecule has 0 aliphatic carbocycles. The Morgan fingerprint density at radius 1 is 1.18 bits per heavy atom. The number of carbonyl (C=O) groups excluding carboxylic acids is 1. The maximum atomic E-state index is 12.5. The number of benzene rings is 1. The van der Waals surface area contributed by atoms with Gasteiger partial charge in [0, 0.05) is 6.20 Å². The first kappa shape index (κ1) is 14.4. The number of hydrogen-bond donors (Lipinski definition) is 1. The van der Waals surface area contributed by atoms with Crippen molar-refractivity contribution in [2.75, 3.05) is 5.01 Å². The molecule has 22 heavy (non-hydrogen) atoms. The molecule has 0 saturated carbocycles. The number of hydrazine groups is 1. The summed E-state index contributed by atoms with van der Waals surface area (Å²) in [6.45, 7) is 1.73. The highest BCUT2D eigenvalue weighted by atomic mass is 35.5. The molecule has 0 fully saturated rings. The highest BCUT2D eigenvalue weighted by Gasteiger charge is 2.20. The van der Waals surface area contributed by atoms with Crippen molar-refractivity contribution < 1.29 is 4.79 Å². The minimum absolute atomic E-state index is 0.281. The molecule has 2 N–H and O–H groups in total. The topological polar surface area (TPSA) is 85.0 Å². The molecule has 1 aromatic carbocycles. The number of anilines is 1. The van der Waals surface area contributed by atoms with Gasteiger partial charge in [-0.3, -0.25) is 9.78 Å². The molecule has 0 atom stereocenters. The van der Waals surface area contributed by atoms with Crippen molar-refractivity contribution in [3.63, 3.8) is 0 Å². The summed E-state index contributed by atoms with van der Waals surface area (Å²) in [6, 6.07) is 8.41. The third kappa shape index (κ3) is 2.49. The maximum Gasteiger partial charge on any atom is 0.275 e. The molecule has 0 bridgehead atoms. The van der Waals surface area contributed by atoms with Gasteiger partial charge in [-0.25, -0.2) is 20.8 Å². The average molecular weight is 314 g/mol. The number of rotatable bonds is 2. The van der Waals surface area contributed by atoms with Crippen LogP contribution >= 0.6 is 11.6 Å². The van der Waals surface area contributed by atoms with Crippen LogP contribution in [0.5, 0.6) is 0 Å². The number of carbonyl (C=O) groups is 1. The van der Waals surface area contributed by atoms with E-state index in [0.717, 1.165) is 5.01 Å². The van der Waals surface area contributed by atoms with E-state index in [9.17, 15) is 4.79 Å². The molecule has 110 valence electrons. The molecule has 0 aliphatic rings. The second kappa shape index (κ2) is 5.67. The molecule has 2 aromatic heterocycles. The normalized spacial score (nSPS) is 10.7. The minimum atomic E-state index is -0.448. The molecule has 3 aromatic rings. The number of aromatic nitrogens is 3. The molecule has 6 nitrogen and oxygen atoms in total. The van der Waals surface area contributed by atoms with Crippen LogP contribution in [-0.2, 0) is 0 Å². The first-order valence-corrected chi connectivity index (χ1v) is 6.88. The number of hydrogen-bond acceptors (Lipinski definition) is 5. The summed E-state index contributed by atoms with van der Waals surface area (Å²) in [5.41, 5.74) is 2.09. The Hall–Kier alpha value is -2.57. The molecule has 7 heteroatoms. The van der Waals surface area contributed by atoms with Crippen LogP contribution in [0.1, 0.15) is 16.1 Å². The predicted octanol–water partition coefficient (Wildman–Crippen LogP) is 2.51. The lowest BCUT2D eigenvalue weighted by Crippen LogP contribution is -2.39. The first-order chi connectivity index (χ1) is 10.6. The van der Waals surface area contributed by atoms with Gasteiger partial charge in [0.1, 0.15) is 5.52 Å². The number of nitrogens with zero attached hydrogens (tertiary/aromatic N) is 4. The highest BCUT2D eigenvalue weighted by molar-refractivity contribution is 6.34. The zero-order valence-corrected chi connectivity index (χ0v) is 12.4. The van der Waals surface area contributed by atoms with Gasteiger partial charge in [-0.15, -0.1) is 0 Å². The van der Waals surface area contributed by atoms with E-state index in [2.05, 4.69) is 15.0 Å². The Balaban J connectivity index is 2.05. The van der Waals surface area contributed by atoms with Crippen LogP contribution in [0.4, 0.5) is 5.82 Å². The molecule has 0 aliphatic heterocycles. The van der Waals surface area contributed by atoms with Crippen molar-refractivity contribution in [3.05, 3.63) is 59.0 Å². The third-order valence-corrected chi connectivity index (χ3v) is 3.50. The van der Waals surface area contributed by atoms with Gasteiger partial charge in [-0.2, -0.15) is 0 Å². The van der Waals surface area contributed by atoms with Crippen molar-refractivity contribution in [1.82, 2.24) is 15.0 Å². The molecule has 0 saturated heterocycles. The molecule has 3 rings (SSSR count). The highest BCUT2D eigenvalue weighted by Crippen LogP contribution is 2.21. The van der Waals surface area contributed by atoms with Gasteiger partial charge >= 0.3 is 0 Å². The van der Waals surface area contributed by atoms with Crippen LogP contribution in [-0.4, -0.2) is 20.9 Å². The second-order valence-corrected chi connectivity index (χ2v) is 5.06. The van der Waals surface area contributed by atoms with Gasteiger partial charge in [-0.1, -0.05) is 23.7 Å². The largest absolute Gasteiger partial charge is 0.275 e. The van der Waals surface area contributed by atoms with E-state index < -0.39 is 5.91 Å². The number of nitrogens with two attached hydrogens (primary N) is 1. The fourth-order valence-electron chi connectivity index (χ4n) is 2.07. The first-order valence-electron chi connectivity index (χ1n) is 6.50. The summed E-state index contributed by atoms with van der Waals surface area (Å²) >= 11 is 6.04. The SMILES string of the molecule is Cc1nc2cnccc2nc1N(N)C(=O)c1ccccc1Cl. The zero-order chi connectivity index (χ0) is 15.7. The van der Waals surface area contributed by atoms with Crippen molar-refractivity contribution >= 4 is 34.4 Å². The summed E-state index contributed by atoms with van der Waals surface area (Å²) in [5.74, 6) is 5.77. The lowest BCUT2D eigenvalue weighted by Gasteiger charge is -2.18. The van der Waals surface area contributed by atoms with E-state index in [4.69, 9.17) is 17.4 Å². The van der Waals surface area contributed by atoms with Gasteiger partial charge in [0.25, 0.3) is 5.91 Å². The smallest absolute Gasteiger partial charge is 0.267 e. The van der Waals surface area contributed by atoms with Crippen LogP contribution in [0.25, 0.3) is 11.0 Å². The van der Waals surface area contributed by atoms with Crippen LogP contribution in [0.2, 0.25) is 5.02 Å². The maximum absolute atomic E-state index is 12.5. The number of halogens is 1. The summed E-state index contributed by atoms with van der Waals surface area (Å²) in [6.07, 6.45) is 3.21. The predicted molar refractivity (Wildman–Crippen MR) is 84.5 cm³/mol. The quantitative estimate of drug-likeness (QED) is 0.446. The van der Waals surface area contributed by atoms with Gasteiger partial charge in [0.2, 0.25) is 0 Å². The zero-order valence-electron chi connectivity index (χ0n) is 11.7. The fraction of sp³-hybridized carbons (Fsp3) is 0.0667. The standard InChI is InChI=1S/C15H12ClN5O/c1-9-14(20-12-6-7-18-8-13(12)19-9)21(17)15(22)10-4-2-3-5-11(10)16/h2-8H,17H2,1H3. The van der Waals surface area contributed by atoms with E-state index in [1.807, 2.05) is 0 Å². The van der Waals surface area contributed by atoms with Crippen molar-refractivity contribution in [1.29, 1.82) is 0 Å². The van der Waals surface area contributed by atoms with Crippen molar-refractivity contribution in [3.8, 4) is 0 Å². The van der Waals surface area contributed by atoms with Gasteiger partial charge in [-0.05, 0) is 25.1 Å². The van der Waals surface area contributed by atoms with Crippen LogP contribution < -0.4 is 10.9 Å². The number of pyridine rings is 1. The van der Waals surface area contributed by atoms with E-state index in [1.165, 1.54) is 0 Å². The average Bonchev–Trinajstić information content (AvgIpc) is 2.53. The Kier molecular flexibility index (Phi) is 3.70. The minimum Gasteiger partial charge on any atom is -0.267 e. The van der Waals surface area contributed by atoms with E-state index in [1.54, 1.807) is 49.6 Å². The second-order valence-electron chi connectivity index (χ2n) is 4.65. The van der Waals surface area contributed by atoms with Gasteiger partial charge in [0.15, 0.2) is 5.82 Å². The van der Waals surface area contributed by atoms with Gasteiger partial charge < -0.3 is 0 Å². The lowest BCUT2D eigenvalue weighted by molar-refractivity contribution is 0.0986. The Labute approximate surface area is 131 Å². The Morgan fingerprint density at radius 2 is 1.95 bits per heavy atom. The molecule has 0 unspecified atom stereocenters. The summed E-state index contributed by atoms with van der Waals surface area (Å²) in [7, 11) is 0. The van der Waals surface area contributed by atoms with Crippen LogP contribution in [0.15, 0.2) is 42.7 Å². The van der Waals surface area contributed by atoms with Crippen molar-refractivity contribution in [2.45, 2.75) is 6.92 Å². The van der Waals surface area contributed by atoms with E-state index >= 15 is 0 Å². The summed E-state index contributed by atoms with van der Waals surface area (Å²) in [4.78, 5) is 25.2. The molecular weight excluding hydrogens is 302 g/mol. The summed E-state index contributed by atoms with van der Waals surface area (Å²) in [5, 5.41) is 1.29. The van der Waals surface area contributed by atoms with Crippen molar-refractivity contribution in [2.24, 2.45) is 5.84 Å². The van der Waals surface area contributed by atoms with E-state index in [-0.39, 0.29) is 5.82 Å². The Morgan fingerprint density at radius 3 is 2.73 bits per heavy atom. The molecule has 2 heterocycles. The monoisotopic (exact) mass is 313 g/mol.